The van der Waals surface area contributed by atoms with E-state index in [1.165, 1.54) is 0 Å². The van der Waals surface area contributed by atoms with Gasteiger partial charge >= 0.3 is 0 Å². The molecule has 0 saturated carbocycles. The number of imidazole rings is 1. The lowest BCUT2D eigenvalue weighted by Crippen LogP contribution is -2.32. The number of pyridine rings is 1. The molecule has 0 aliphatic carbocycles. The maximum Gasteiger partial charge on any atom is 0.273 e. The van der Waals surface area contributed by atoms with Gasteiger partial charge < -0.3 is 9.42 Å². The Kier molecular flexibility index (Phi) is 3.85. The highest BCUT2D eigenvalue weighted by Gasteiger charge is 2.36. The van der Waals surface area contributed by atoms with E-state index in [1.807, 2.05) is 25.1 Å². The zero-order chi connectivity index (χ0) is 19.1. The molecule has 1 saturated heterocycles. The van der Waals surface area contributed by atoms with Crippen molar-refractivity contribution in [2.75, 3.05) is 6.54 Å². The smallest absolute Gasteiger partial charge is 0.273 e. The number of aryl methyl sites for hydroxylation is 1. The van der Waals surface area contributed by atoms with Gasteiger partial charge in [0.2, 0.25) is 17.5 Å². The van der Waals surface area contributed by atoms with E-state index in [0.717, 1.165) is 12.8 Å². The van der Waals surface area contributed by atoms with Crippen LogP contribution >= 0.6 is 0 Å². The second-order valence-corrected chi connectivity index (χ2v) is 6.66. The first kappa shape index (κ1) is 16.5. The maximum absolute atomic E-state index is 13.3. The van der Waals surface area contributed by atoms with Crippen molar-refractivity contribution in [3.63, 3.8) is 0 Å². The van der Waals surface area contributed by atoms with Crippen molar-refractivity contribution in [2.24, 2.45) is 0 Å². The Balaban J connectivity index is 1.48. The number of hydrogen-bond donors (Lipinski definition) is 0. The molecular formula is C19H17N7O2. The van der Waals surface area contributed by atoms with Crippen LogP contribution in [0, 0.1) is 6.92 Å². The van der Waals surface area contributed by atoms with Gasteiger partial charge in [0, 0.05) is 25.1 Å². The summed E-state index contributed by atoms with van der Waals surface area (Å²) in [5.74, 6) is 1.24. The molecule has 28 heavy (non-hydrogen) atoms. The number of likely N-dealkylation sites (tertiary alicyclic amines) is 1. The third-order valence-corrected chi connectivity index (χ3v) is 4.92. The van der Waals surface area contributed by atoms with Crippen molar-refractivity contribution >= 4 is 11.7 Å². The highest BCUT2D eigenvalue weighted by molar-refractivity contribution is 5.95. The summed E-state index contributed by atoms with van der Waals surface area (Å²) in [5, 5.41) is 4.04. The molecule has 0 bridgehead atoms. The standard InChI is InChI=1S/C19H17N7O2/c1-12-15(26-11-5-9-21-19(26)22-12)18(27)25-10-4-7-14(25)17-23-16(24-28-17)13-6-2-3-8-20-13/h2-3,5-6,8-9,11,14H,4,7,10H2,1H3/t14-/m1/s1. The Bertz CT molecular complexity index is 1150. The Labute approximate surface area is 160 Å². The predicted molar refractivity (Wildman–Crippen MR) is 98.3 cm³/mol. The van der Waals surface area contributed by atoms with Gasteiger partial charge in [-0.05, 0) is 38.0 Å². The Morgan fingerprint density at radius 1 is 1.18 bits per heavy atom. The molecule has 4 aromatic rings. The molecule has 9 nitrogen and oxygen atoms in total. The summed E-state index contributed by atoms with van der Waals surface area (Å²) in [4.78, 5) is 32.5. The van der Waals surface area contributed by atoms with Gasteiger partial charge in [-0.1, -0.05) is 11.2 Å². The van der Waals surface area contributed by atoms with Crippen LogP contribution in [0.2, 0.25) is 0 Å². The molecule has 0 N–H and O–H groups in total. The molecule has 0 radical (unpaired) electrons. The SMILES string of the molecule is Cc1nc2ncccn2c1C(=O)N1CCC[C@@H]1c1nc(-c2ccccn2)no1. The number of carbonyl (C=O) groups is 1. The fraction of sp³-hybridized carbons (Fsp3) is 0.263. The Morgan fingerprint density at radius 3 is 2.93 bits per heavy atom. The molecule has 9 heteroatoms. The van der Waals surface area contributed by atoms with E-state index in [-0.39, 0.29) is 11.9 Å². The molecule has 1 fully saturated rings. The molecule has 4 aromatic heterocycles. The normalized spacial score (nSPS) is 16.8. The minimum atomic E-state index is -0.265. The number of rotatable bonds is 3. The Morgan fingerprint density at radius 2 is 2.07 bits per heavy atom. The predicted octanol–water partition coefficient (Wildman–Crippen LogP) is 2.46. The monoisotopic (exact) mass is 375 g/mol. The summed E-state index contributed by atoms with van der Waals surface area (Å²) in [6, 6.07) is 7.03. The van der Waals surface area contributed by atoms with Crippen LogP contribution in [-0.4, -0.2) is 46.8 Å². The van der Waals surface area contributed by atoms with Crippen molar-refractivity contribution in [3.8, 4) is 11.5 Å². The third kappa shape index (κ3) is 2.63. The van der Waals surface area contributed by atoms with Gasteiger partial charge in [-0.3, -0.25) is 14.2 Å². The van der Waals surface area contributed by atoms with Crippen molar-refractivity contribution in [2.45, 2.75) is 25.8 Å². The van der Waals surface area contributed by atoms with Crippen LogP contribution in [0.25, 0.3) is 17.3 Å². The van der Waals surface area contributed by atoms with E-state index in [9.17, 15) is 4.79 Å². The topological polar surface area (TPSA) is 102 Å². The lowest BCUT2D eigenvalue weighted by molar-refractivity contribution is 0.0702. The molecule has 1 aliphatic heterocycles. The first-order chi connectivity index (χ1) is 13.7. The average molecular weight is 375 g/mol. The summed E-state index contributed by atoms with van der Waals surface area (Å²) in [5.41, 5.74) is 1.80. The summed E-state index contributed by atoms with van der Waals surface area (Å²) in [7, 11) is 0. The van der Waals surface area contributed by atoms with Crippen LogP contribution < -0.4 is 0 Å². The number of amides is 1. The second kappa shape index (κ2) is 6.52. The van der Waals surface area contributed by atoms with Crippen LogP contribution in [0.4, 0.5) is 0 Å². The van der Waals surface area contributed by atoms with Crippen LogP contribution in [0.15, 0.2) is 47.4 Å². The molecular weight excluding hydrogens is 358 g/mol. The first-order valence-electron chi connectivity index (χ1n) is 9.08. The lowest BCUT2D eigenvalue weighted by atomic mass is 10.2. The quantitative estimate of drug-likeness (QED) is 0.542. The molecule has 0 spiro atoms. The fourth-order valence-electron chi connectivity index (χ4n) is 3.63. The molecule has 0 unspecified atom stereocenters. The summed E-state index contributed by atoms with van der Waals surface area (Å²) in [6.45, 7) is 2.44. The summed E-state index contributed by atoms with van der Waals surface area (Å²) in [6.07, 6.45) is 6.77. The van der Waals surface area contributed by atoms with E-state index >= 15 is 0 Å². The van der Waals surface area contributed by atoms with Gasteiger partial charge in [0.15, 0.2) is 0 Å². The molecule has 5 rings (SSSR count). The molecule has 1 aliphatic rings. The Hall–Kier alpha value is -3.62. The number of carbonyl (C=O) groups excluding carboxylic acids is 1. The summed E-state index contributed by atoms with van der Waals surface area (Å²) >= 11 is 0. The van der Waals surface area contributed by atoms with E-state index < -0.39 is 0 Å². The van der Waals surface area contributed by atoms with E-state index in [2.05, 4.69) is 25.1 Å². The fourth-order valence-corrected chi connectivity index (χ4v) is 3.63. The largest absolute Gasteiger partial charge is 0.337 e. The zero-order valence-electron chi connectivity index (χ0n) is 15.2. The average Bonchev–Trinajstić information content (AvgIpc) is 3.45. The minimum absolute atomic E-state index is 0.113. The molecule has 5 heterocycles. The highest BCUT2D eigenvalue weighted by Crippen LogP contribution is 2.33. The number of aromatic nitrogens is 6. The zero-order valence-corrected chi connectivity index (χ0v) is 15.2. The van der Waals surface area contributed by atoms with Crippen molar-refractivity contribution in [1.29, 1.82) is 0 Å². The maximum atomic E-state index is 13.3. The van der Waals surface area contributed by atoms with Gasteiger partial charge in [-0.15, -0.1) is 0 Å². The van der Waals surface area contributed by atoms with Crippen LogP contribution in [-0.2, 0) is 0 Å². The van der Waals surface area contributed by atoms with Crippen molar-refractivity contribution in [3.05, 3.63) is 60.1 Å². The van der Waals surface area contributed by atoms with Gasteiger partial charge in [0.1, 0.15) is 17.4 Å². The van der Waals surface area contributed by atoms with Crippen LogP contribution in [0.3, 0.4) is 0 Å². The van der Waals surface area contributed by atoms with E-state index in [1.54, 1.807) is 34.0 Å². The summed E-state index contributed by atoms with van der Waals surface area (Å²) < 4.78 is 7.21. The van der Waals surface area contributed by atoms with Crippen molar-refractivity contribution < 1.29 is 9.32 Å². The van der Waals surface area contributed by atoms with E-state index in [0.29, 0.717) is 41.1 Å². The second-order valence-electron chi connectivity index (χ2n) is 6.66. The number of nitrogens with zero attached hydrogens (tertiary/aromatic N) is 7. The first-order valence-corrected chi connectivity index (χ1v) is 9.08. The number of fused-ring (bicyclic) bond motifs is 1. The van der Waals surface area contributed by atoms with Gasteiger partial charge in [0.05, 0.1) is 5.69 Å². The molecule has 1 amide bonds. The number of hydrogen-bond acceptors (Lipinski definition) is 7. The van der Waals surface area contributed by atoms with Gasteiger partial charge in [-0.2, -0.15) is 4.98 Å². The van der Waals surface area contributed by atoms with Crippen LogP contribution in [0.1, 0.15) is 41.0 Å². The molecule has 1 atom stereocenters. The van der Waals surface area contributed by atoms with Crippen molar-refractivity contribution in [1.82, 2.24) is 34.4 Å². The van der Waals surface area contributed by atoms with Crippen LogP contribution in [0.5, 0.6) is 0 Å². The van der Waals surface area contributed by atoms with Gasteiger partial charge in [0.25, 0.3) is 5.91 Å². The minimum Gasteiger partial charge on any atom is -0.337 e. The molecule has 140 valence electrons. The van der Waals surface area contributed by atoms with Gasteiger partial charge in [-0.25, -0.2) is 9.97 Å². The third-order valence-electron chi connectivity index (χ3n) is 4.92. The lowest BCUT2D eigenvalue weighted by Gasteiger charge is -2.21. The van der Waals surface area contributed by atoms with E-state index in [4.69, 9.17) is 4.52 Å². The molecule has 0 aromatic carbocycles. The highest BCUT2D eigenvalue weighted by atomic mass is 16.5.